The Kier molecular flexibility index (Phi) is 10.9. The number of ether oxygens (including phenoxy) is 2. The Bertz CT molecular complexity index is 1680. The van der Waals surface area contributed by atoms with Gasteiger partial charge in [-0.15, -0.1) is 33.1 Å². The van der Waals surface area contributed by atoms with Gasteiger partial charge < -0.3 is 14.4 Å². The molecule has 4 heterocycles. The highest BCUT2D eigenvalue weighted by molar-refractivity contribution is 7.16. The number of halogens is 1. The van der Waals surface area contributed by atoms with Gasteiger partial charge in [0.2, 0.25) is 0 Å². The van der Waals surface area contributed by atoms with E-state index in [4.69, 9.17) is 36.1 Å². The molecule has 236 valence electrons. The summed E-state index contributed by atoms with van der Waals surface area (Å²) in [5.41, 5.74) is 3.60. The van der Waals surface area contributed by atoms with Crippen molar-refractivity contribution >= 4 is 75.3 Å². The van der Waals surface area contributed by atoms with Crippen LogP contribution in [0, 0.1) is 6.92 Å². The van der Waals surface area contributed by atoms with Gasteiger partial charge in [-0.05, 0) is 64.1 Å². The first-order valence-corrected chi connectivity index (χ1v) is 21.1. The SMILES string of the molecule is CCOC(=O)c1nc(N2CCCCc3c2nnc(/N=c2\sc4ccccc4n2COCC[Si](C)(C)C)c3C)sc1CCCCl. The number of alkyl halides is 1. The van der Waals surface area contributed by atoms with E-state index in [-0.39, 0.29) is 0 Å². The van der Waals surface area contributed by atoms with Gasteiger partial charge in [-0.2, -0.15) is 4.99 Å². The molecular formula is C31H41ClN6O3S2Si. The first kappa shape index (κ1) is 32.7. The molecule has 4 aromatic rings. The molecular weight excluding hydrogens is 632 g/mol. The summed E-state index contributed by atoms with van der Waals surface area (Å²) in [5.74, 6) is 1.52. The van der Waals surface area contributed by atoms with Crippen LogP contribution in [0.25, 0.3) is 10.2 Å². The molecule has 0 atom stereocenters. The van der Waals surface area contributed by atoms with Crippen molar-refractivity contribution < 1.29 is 14.3 Å². The molecule has 9 nitrogen and oxygen atoms in total. The molecule has 3 aromatic heterocycles. The maximum atomic E-state index is 12.8. The van der Waals surface area contributed by atoms with Crippen molar-refractivity contribution in [2.75, 3.05) is 30.5 Å². The van der Waals surface area contributed by atoms with E-state index in [1.165, 1.54) is 11.3 Å². The molecule has 1 aromatic carbocycles. The number of rotatable bonds is 12. The average Bonchev–Trinajstić information content (AvgIpc) is 3.49. The van der Waals surface area contributed by atoms with Crippen LogP contribution >= 0.6 is 34.3 Å². The number of carbonyl (C=O) groups excluding carboxylic acids is 1. The molecule has 5 rings (SSSR count). The Balaban J connectivity index is 1.51. The molecule has 0 fully saturated rings. The summed E-state index contributed by atoms with van der Waals surface area (Å²) >= 11 is 9.13. The lowest BCUT2D eigenvalue weighted by molar-refractivity contribution is 0.0519. The summed E-state index contributed by atoms with van der Waals surface area (Å²) in [6.07, 6.45) is 4.29. The number of anilines is 2. The molecule has 0 saturated heterocycles. The molecule has 44 heavy (non-hydrogen) atoms. The second-order valence-electron chi connectivity index (χ2n) is 12.1. The van der Waals surface area contributed by atoms with Crippen LogP contribution in [0.4, 0.5) is 16.8 Å². The molecule has 0 radical (unpaired) electrons. The predicted molar refractivity (Wildman–Crippen MR) is 183 cm³/mol. The van der Waals surface area contributed by atoms with E-state index in [1.54, 1.807) is 18.3 Å². The second kappa shape index (κ2) is 14.6. The molecule has 0 N–H and O–H groups in total. The third-order valence-electron chi connectivity index (χ3n) is 7.54. The van der Waals surface area contributed by atoms with Crippen molar-refractivity contribution in [3.63, 3.8) is 0 Å². The van der Waals surface area contributed by atoms with Crippen LogP contribution in [-0.2, 0) is 29.0 Å². The smallest absolute Gasteiger partial charge is 0.358 e. The largest absolute Gasteiger partial charge is 0.461 e. The van der Waals surface area contributed by atoms with E-state index in [9.17, 15) is 4.79 Å². The number of para-hydroxylation sites is 1. The molecule has 0 amide bonds. The summed E-state index contributed by atoms with van der Waals surface area (Å²) in [6.45, 7) is 13.2. The standard InChI is InChI=1S/C31H41ClN6O3S2Si/c1-6-41-29(39)26-25(15-11-16-32)43-30(33-26)37-17-10-9-12-22-21(2)27(35-36-28(22)37)34-31-38(20-40-18-19-44(3,4)5)23-13-7-8-14-24(23)42-31/h7-8,13-14H,6,9-12,15-20H2,1-5H3/b34-31-. The minimum absolute atomic E-state index is 0.300. The Morgan fingerprint density at radius 3 is 2.75 bits per heavy atom. The minimum atomic E-state index is -1.19. The highest BCUT2D eigenvalue weighted by Gasteiger charge is 2.28. The first-order chi connectivity index (χ1) is 21.2. The fourth-order valence-corrected chi connectivity index (χ4v) is 8.11. The third kappa shape index (κ3) is 7.59. The Morgan fingerprint density at radius 1 is 1.16 bits per heavy atom. The van der Waals surface area contributed by atoms with Gasteiger partial charge >= 0.3 is 5.97 Å². The van der Waals surface area contributed by atoms with Crippen molar-refractivity contribution in [2.45, 2.75) is 78.4 Å². The summed E-state index contributed by atoms with van der Waals surface area (Å²) in [7, 11) is -1.19. The van der Waals surface area contributed by atoms with Gasteiger partial charge in [0.15, 0.2) is 27.3 Å². The fraction of sp³-hybridized carbons (Fsp3) is 0.516. The van der Waals surface area contributed by atoms with Crippen molar-refractivity contribution in [1.29, 1.82) is 0 Å². The van der Waals surface area contributed by atoms with E-state index >= 15 is 0 Å². The Hall–Kier alpha value is -2.64. The lowest BCUT2D eigenvalue weighted by Gasteiger charge is -2.21. The summed E-state index contributed by atoms with van der Waals surface area (Å²) in [5, 5.41) is 10.1. The maximum absolute atomic E-state index is 12.8. The molecule has 0 aliphatic carbocycles. The topological polar surface area (TPSA) is 94.7 Å². The normalized spacial score (nSPS) is 14.2. The van der Waals surface area contributed by atoms with Gasteiger partial charge in [0.1, 0.15) is 6.73 Å². The number of nitrogens with zero attached hydrogens (tertiary/aromatic N) is 6. The summed E-state index contributed by atoms with van der Waals surface area (Å²) in [6, 6.07) is 9.44. The number of carbonyl (C=O) groups is 1. The van der Waals surface area contributed by atoms with Crippen LogP contribution in [-0.4, -0.2) is 59.4 Å². The molecule has 0 saturated carbocycles. The fourth-order valence-electron chi connectivity index (χ4n) is 5.09. The average molecular weight is 673 g/mol. The summed E-state index contributed by atoms with van der Waals surface area (Å²) < 4.78 is 14.8. The van der Waals surface area contributed by atoms with Crippen LogP contribution in [0.15, 0.2) is 29.3 Å². The molecule has 0 unspecified atom stereocenters. The van der Waals surface area contributed by atoms with Crippen LogP contribution < -0.4 is 9.70 Å². The zero-order valence-corrected chi connectivity index (χ0v) is 29.6. The van der Waals surface area contributed by atoms with E-state index < -0.39 is 14.0 Å². The Labute approximate surface area is 272 Å². The van der Waals surface area contributed by atoms with Crippen molar-refractivity contribution in [3.8, 4) is 0 Å². The zero-order chi connectivity index (χ0) is 31.3. The van der Waals surface area contributed by atoms with E-state index in [1.807, 2.05) is 12.1 Å². The number of aryl methyl sites for hydroxylation is 1. The van der Waals surface area contributed by atoms with E-state index in [2.05, 4.69) is 53.3 Å². The molecule has 13 heteroatoms. The monoisotopic (exact) mass is 672 g/mol. The lowest BCUT2D eigenvalue weighted by Crippen LogP contribution is -2.23. The summed E-state index contributed by atoms with van der Waals surface area (Å²) in [4.78, 5) is 26.4. The third-order valence-corrected chi connectivity index (χ3v) is 11.7. The molecule has 0 spiro atoms. The number of hydrogen-bond acceptors (Lipinski definition) is 10. The maximum Gasteiger partial charge on any atom is 0.358 e. The minimum Gasteiger partial charge on any atom is -0.461 e. The van der Waals surface area contributed by atoms with E-state index in [0.29, 0.717) is 37.2 Å². The number of aromatic nitrogens is 4. The number of thiazole rings is 2. The highest BCUT2D eigenvalue weighted by Crippen LogP contribution is 2.38. The highest BCUT2D eigenvalue weighted by atomic mass is 35.5. The van der Waals surface area contributed by atoms with Gasteiger partial charge in [0.25, 0.3) is 0 Å². The lowest BCUT2D eigenvalue weighted by atomic mass is 10.1. The second-order valence-corrected chi connectivity index (χ2v) is 20.2. The molecule has 1 aliphatic heterocycles. The van der Waals surface area contributed by atoms with Crippen LogP contribution in [0.5, 0.6) is 0 Å². The quantitative estimate of drug-likeness (QED) is 0.0661. The number of fused-ring (bicyclic) bond motifs is 2. The number of benzene rings is 1. The van der Waals surface area contributed by atoms with Crippen molar-refractivity contribution in [1.82, 2.24) is 19.7 Å². The van der Waals surface area contributed by atoms with Crippen molar-refractivity contribution in [2.24, 2.45) is 4.99 Å². The first-order valence-electron chi connectivity index (χ1n) is 15.3. The van der Waals surface area contributed by atoms with Gasteiger partial charge in [0, 0.05) is 43.1 Å². The van der Waals surface area contributed by atoms with Gasteiger partial charge in [-0.1, -0.05) is 43.1 Å². The molecule has 0 bridgehead atoms. The Morgan fingerprint density at radius 2 is 1.98 bits per heavy atom. The predicted octanol–water partition coefficient (Wildman–Crippen LogP) is 7.62. The number of esters is 1. The molecule has 1 aliphatic rings. The number of hydrogen-bond donors (Lipinski definition) is 0. The van der Waals surface area contributed by atoms with Crippen molar-refractivity contribution in [3.05, 3.63) is 50.8 Å². The van der Waals surface area contributed by atoms with Crippen LogP contribution in [0.1, 0.15) is 52.7 Å². The van der Waals surface area contributed by atoms with Gasteiger partial charge in [-0.25, -0.2) is 9.78 Å². The van der Waals surface area contributed by atoms with Gasteiger partial charge in [0.05, 0.1) is 16.8 Å². The van der Waals surface area contributed by atoms with Crippen LogP contribution in [0.2, 0.25) is 25.7 Å². The van der Waals surface area contributed by atoms with E-state index in [0.717, 1.165) is 86.9 Å². The van der Waals surface area contributed by atoms with Crippen LogP contribution in [0.3, 0.4) is 0 Å². The zero-order valence-electron chi connectivity index (χ0n) is 26.2. The van der Waals surface area contributed by atoms with Gasteiger partial charge in [-0.3, -0.25) is 4.57 Å².